The topological polar surface area (TPSA) is 6.48 Å². The summed E-state index contributed by atoms with van der Waals surface area (Å²) in [6.07, 6.45) is 1.09. The van der Waals surface area contributed by atoms with Crippen LogP contribution in [0.3, 0.4) is 0 Å². The van der Waals surface area contributed by atoms with E-state index in [4.69, 9.17) is 0 Å². The van der Waals surface area contributed by atoms with Crippen LogP contribution < -0.4 is 4.90 Å². The molecule has 1 aliphatic rings. The van der Waals surface area contributed by atoms with E-state index in [1.54, 1.807) is 0 Å². The molecule has 1 saturated heterocycles. The quantitative estimate of drug-likeness (QED) is 0.791. The Morgan fingerprint density at radius 1 is 1.06 bits per heavy atom. The van der Waals surface area contributed by atoms with E-state index in [0.29, 0.717) is 6.54 Å². The van der Waals surface area contributed by atoms with E-state index >= 15 is 0 Å². The molecule has 0 spiro atoms. The van der Waals surface area contributed by atoms with Gasteiger partial charge in [-0.15, -0.1) is 0 Å². The van der Waals surface area contributed by atoms with Crippen LogP contribution in [0.5, 0.6) is 0 Å². The van der Waals surface area contributed by atoms with E-state index < -0.39 is 0 Å². The Bertz CT molecular complexity index is 329. The molecular weight excluding hydrogens is 215 g/mol. The van der Waals surface area contributed by atoms with E-state index in [1.807, 2.05) is 0 Å². The Labute approximate surface area is 103 Å². The van der Waals surface area contributed by atoms with Gasteiger partial charge in [0.2, 0.25) is 0 Å². The second-order valence-corrected chi connectivity index (χ2v) is 4.54. The molecule has 0 N–H and O–H groups in total. The summed E-state index contributed by atoms with van der Waals surface area (Å²) in [6, 6.07) is 8.79. The third-order valence-electron chi connectivity index (χ3n) is 3.48. The fourth-order valence-corrected chi connectivity index (χ4v) is 2.29. The Morgan fingerprint density at radius 2 is 1.71 bits per heavy atom. The van der Waals surface area contributed by atoms with Gasteiger partial charge in [-0.25, -0.2) is 4.39 Å². The van der Waals surface area contributed by atoms with Crippen LogP contribution >= 0.6 is 0 Å². The summed E-state index contributed by atoms with van der Waals surface area (Å²) in [6.45, 7) is 6.48. The van der Waals surface area contributed by atoms with Crippen molar-refractivity contribution in [3.8, 4) is 0 Å². The first kappa shape index (κ1) is 12.4. The highest BCUT2D eigenvalue weighted by molar-refractivity contribution is 5.48. The Balaban J connectivity index is 1.91. The fraction of sp³-hybridized carbons (Fsp3) is 0.571. The first-order chi connectivity index (χ1) is 8.33. The number of benzene rings is 1. The minimum absolute atomic E-state index is 0.231. The minimum atomic E-state index is -0.231. The van der Waals surface area contributed by atoms with E-state index in [9.17, 15) is 4.39 Å². The molecule has 2 rings (SSSR count). The molecule has 17 heavy (non-hydrogen) atoms. The first-order valence-corrected chi connectivity index (χ1v) is 6.45. The molecule has 1 aliphatic heterocycles. The lowest BCUT2D eigenvalue weighted by Gasteiger charge is -2.35. The fourth-order valence-electron chi connectivity index (χ4n) is 2.29. The number of halogens is 1. The highest BCUT2D eigenvalue weighted by Crippen LogP contribution is 2.17. The summed E-state index contributed by atoms with van der Waals surface area (Å²) >= 11 is 0. The van der Waals surface area contributed by atoms with Gasteiger partial charge in [-0.3, -0.25) is 4.90 Å². The molecule has 0 radical (unpaired) electrons. The van der Waals surface area contributed by atoms with Crippen LogP contribution in [0.25, 0.3) is 0 Å². The van der Waals surface area contributed by atoms with Crippen LogP contribution in [-0.2, 0) is 6.42 Å². The van der Waals surface area contributed by atoms with E-state index in [-0.39, 0.29) is 6.67 Å². The van der Waals surface area contributed by atoms with Gasteiger partial charge in [0.25, 0.3) is 0 Å². The predicted octanol–water partition coefficient (Wildman–Crippen LogP) is 2.34. The maximum Gasteiger partial charge on any atom is 0.102 e. The van der Waals surface area contributed by atoms with Gasteiger partial charge in [0.1, 0.15) is 6.67 Å². The molecule has 0 saturated carbocycles. The standard InChI is InChI=1S/C14H21FN2/c1-2-13-3-5-14(6-4-13)17-11-9-16(8-7-15)10-12-17/h3-6H,2,7-12H2,1H3. The van der Waals surface area contributed by atoms with Crippen molar-refractivity contribution in [2.75, 3.05) is 44.3 Å². The number of aryl methyl sites for hydroxylation is 1. The number of piperazine rings is 1. The lowest BCUT2D eigenvalue weighted by atomic mass is 10.1. The molecule has 2 nitrogen and oxygen atoms in total. The average molecular weight is 236 g/mol. The van der Waals surface area contributed by atoms with Crippen LogP contribution in [0.1, 0.15) is 12.5 Å². The molecule has 0 aliphatic carbocycles. The summed E-state index contributed by atoms with van der Waals surface area (Å²) in [5, 5.41) is 0. The van der Waals surface area contributed by atoms with Gasteiger partial charge in [0.15, 0.2) is 0 Å². The number of hydrogen-bond acceptors (Lipinski definition) is 2. The van der Waals surface area contributed by atoms with Gasteiger partial charge < -0.3 is 4.90 Å². The zero-order chi connectivity index (χ0) is 12.1. The van der Waals surface area contributed by atoms with Gasteiger partial charge >= 0.3 is 0 Å². The second kappa shape index (κ2) is 6.01. The summed E-state index contributed by atoms with van der Waals surface area (Å²) in [5.74, 6) is 0. The van der Waals surface area contributed by atoms with Crippen molar-refractivity contribution in [2.24, 2.45) is 0 Å². The van der Waals surface area contributed by atoms with E-state index in [0.717, 1.165) is 32.6 Å². The van der Waals surface area contributed by atoms with Crippen LogP contribution in [0, 0.1) is 0 Å². The molecule has 1 fully saturated rings. The number of nitrogens with zero attached hydrogens (tertiary/aromatic N) is 2. The summed E-state index contributed by atoms with van der Waals surface area (Å²) in [7, 11) is 0. The molecule has 0 bridgehead atoms. The van der Waals surface area contributed by atoms with Crippen LogP contribution in [0.4, 0.5) is 10.1 Å². The second-order valence-electron chi connectivity index (χ2n) is 4.54. The Kier molecular flexibility index (Phi) is 4.37. The lowest BCUT2D eigenvalue weighted by Crippen LogP contribution is -2.47. The molecule has 0 aromatic heterocycles. The number of hydrogen-bond donors (Lipinski definition) is 0. The highest BCUT2D eigenvalue weighted by atomic mass is 19.1. The monoisotopic (exact) mass is 236 g/mol. The summed E-state index contributed by atoms with van der Waals surface area (Å²) in [4.78, 5) is 4.57. The van der Waals surface area contributed by atoms with Crippen LogP contribution in [0.15, 0.2) is 24.3 Å². The normalized spacial score (nSPS) is 17.4. The van der Waals surface area contributed by atoms with Gasteiger partial charge in [-0.1, -0.05) is 19.1 Å². The first-order valence-electron chi connectivity index (χ1n) is 6.45. The molecule has 94 valence electrons. The van der Waals surface area contributed by atoms with Crippen LogP contribution in [-0.4, -0.2) is 44.3 Å². The zero-order valence-electron chi connectivity index (χ0n) is 10.5. The number of rotatable bonds is 4. The van der Waals surface area contributed by atoms with E-state index in [2.05, 4.69) is 41.0 Å². The van der Waals surface area contributed by atoms with Crippen molar-refractivity contribution in [2.45, 2.75) is 13.3 Å². The van der Waals surface area contributed by atoms with Crippen molar-refractivity contribution < 1.29 is 4.39 Å². The molecule has 0 amide bonds. The molecule has 3 heteroatoms. The third kappa shape index (κ3) is 3.19. The van der Waals surface area contributed by atoms with E-state index in [1.165, 1.54) is 11.3 Å². The highest BCUT2D eigenvalue weighted by Gasteiger charge is 2.16. The van der Waals surface area contributed by atoms with Gasteiger partial charge in [-0.05, 0) is 24.1 Å². The third-order valence-corrected chi connectivity index (χ3v) is 3.48. The number of anilines is 1. The van der Waals surface area contributed by atoms with Gasteiger partial charge in [0, 0.05) is 38.4 Å². The minimum Gasteiger partial charge on any atom is -0.369 e. The molecule has 0 atom stereocenters. The molecule has 1 heterocycles. The maximum atomic E-state index is 12.2. The summed E-state index contributed by atoms with van der Waals surface area (Å²) < 4.78 is 12.2. The molecular formula is C14H21FN2. The Hall–Kier alpha value is -1.09. The van der Waals surface area contributed by atoms with Crippen LogP contribution in [0.2, 0.25) is 0 Å². The predicted molar refractivity (Wildman–Crippen MR) is 70.4 cm³/mol. The maximum absolute atomic E-state index is 12.2. The summed E-state index contributed by atoms with van der Waals surface area (Å²) in [5.41, 5.74) is 2.67. The number of alkyl halides is 1. The largest absolute Gasteiger partial charge is 0.369 e. The molecule has 1 aromatic rings. The van der Waals surface area contributed by atoms with Crippen molar-refractivity contribution >= 4 is 5.69 Å². The van der Waals surface area contributed by atoms with Crippen molar-refractivity contribution in [3.63, 3.8) is 0 Å². The average Bonchev–Trinajstić information content (AvgIpc) is 2.40. The SMILES string of the molecule is CCc1ccc(N2CCN(CCF)CC2)cc1. The lowest BCUT2D eigenvalue weighted by molar-refractivity contribution is 0.235. The van der Waals surface area contributed by atoms with Gasteiger partial charge in [-0.2, -0.15) is 0 Å². The van der Waals surface area contributed by atoms with Gasteiger partial charge in [0.05, 0.1) is 0 Å². The van der Waals surface area contributed by atoms with Crippen molar-refractivity contribution in [3.05, 3.63) is 29.8 Å². The molecule has 1 aromatic carbocycles. The zero-order valence-corrected chi connectivity index (χ0v) is 10.5. The molecule has 0 unspecified atom stereocenters. The van der Waals surface area contributed by atoms with Crippen molar-refractivity contribution in [1.29, 1.82) is 0 Å². The van der Waals surface area contributed by atoms with Crippen molar-refractivity contribution in [1.82, 2.24) is 4.90 Å². The Morgan fingerprint density at radius 3 is 2.24 bits per heavy atom. The smallest absolute Gasteiger partial charge is 0.102 e.